The van der Waals surface area contributed by atoms with E-state index in [0.717, 1.165) is 16.7 Å². The molecule has 1 aliphatic rings. The summed E-state index contributed by atoms with van der Waals surface area (Å²) in [5.74, 6) is 0.00610. The van der Waals surface area contributed by atoms with Crippen LogP contribution in [0.2, 0.25) is 0 Å². The van der Waals surface area contributed by atoms with Crippen molar-refractivity contribution in [2.24, 2.45) is 0 Å². The molecular weight excluding hydrogens is 294 g/mol. The first-order valence-corrected chi connectivity index (χ1v) is 7.61. The number of carbonyl (C=O) groups is 1. The van der Waals surface area contributed by atoms with Gasteiger partial charge < -0.3 is 14.2 Å². The van der Waals surface area contributed by atoms with E-state index in [0.29, 0.717) is 37.8 Å². The maximum atomic E-state index is 12.3. The largest absolute Gasteiger partial charge is 0.423 e. The Hall–Kier alpha value is -2.83. The van der Waals surface area contributed by atoms with Gasteiger partial charge in [0.2, 0.25) is 0 Å². The third-order valence-electron chi connectivity index (χ3n) is 4.11. The van der Waals surface area contributed by atoms with Gasteiger partial charge in [-0.1, -0.05) is 6.07 Å². The molecule has 1 amide bonds. The van der Waals surface area contributed by atoms with Crippen molar-refractivity contribution < 1.29 is 9.21 Å². The van der Waals surface area contributed by atoms with Crippen LogP contribution >= 0.6 is 0 Å². The monoisotopic (exact) mass is 311 g/mol. The second-order valence-electron chi connectivity index (χ2n) is 5.73. The van der Waals surface area contributed by atoms with Gasteiger partial charge in [-0.2, -0.15) is 10.1 Å². The molecule has 0 saturated carbocycles. The average molecular weight is 311 g/mol. The highest BCUT2D eigenvalue weighted by molar-refractivity contribution is 5.93. The van der Waals surface area contributed by atoms with Gasteiger partial charge in [0.15, 0.2) is 5.58 Å². The molecule has 0 unspecified atom stereocenters. The summed E-state index contributed by atoms with van der Waals surface area (Å²) in [6.07, 6.45) is 3.18. The average Bonchev–Trinajstić information content (AvgIpc) is 3.23. The molecule has 3 aromatic rings. The first kappa shape index (κ1) is 13.8. The van der Waals surface area contributed by atoms with Gasteiger partial charge in [0.25, 0.3) is 11.9 Å². The Morgan fingerprint density at radius 2 is 2.09 bits per heavy atom. The SMILES string of the molecule is Cc1ccc2oc(N3CCN(C(=O)c4cn[nH]c4)CC3)nc2c1. The predicted octanol–water partition coefficient (Wildman–Crippen LogP) is 1.82. The maximum Gasteiger partial charge on any atom is 0.298 e. The van der Waals surface area contributed by atoms with Crippen LogP contribution < -0.4 is 4.90 Å². The summed E-state index contributed by atoms with van der Waals surface area (Å²) in [6, 6.07) is 6.60. The fourth-order valence-electron chi connectivity index (χ4n) is 2.81. The minimum absolute atomic E-state index is 0.00610. The van der Waals surface area contributed by atoms with Crippen molar-refractivity contribution >= 4 is 23.0 Å². The topological polar surface area (TPSA) is 78.3 Å². The number of H-pyrrole nitrogens is 1. The van der Waals surface area contributed by atoms with E-state index in [4.69, 9.17) is 4.42 Å². The van der Waals surface area contributed by atoms with E-state index in [9.17, 15) is 4.79 Å². The Balaban J connectivity index is 1.47. The van der Waals surface area contributed by atoms with Crippen LogP contribution in [0.5, 0.6) is 0 Å². The van der Waals surface area contributed by atoms with E-state index < -0.39 is 0 Å². The van der Waals surface area contributed by atoms with Gasteiger partial charge in [-0.3, -0.25) is 9.89 Å². The zero-order valence-electron chi connectivity index (χ0n) is 12.8. The quantitative estimate of drug-likeness (QED) is 0.781. The Morgan fingerprint density at radius 3 is 2.83 bits per heavy atom. The molecule has 0 radical (unpaired) electrons. The molecule has 1 aromatic carbocycles. The van der Waals surface area contributed by atoms with Gasteiger partial charge in [0.05, 0.1) is 11.8 Å². The number of piperazine rings is 1. The van der Waals surface area contributed by atoms with Crippen molar-refractivity contribution in [2.75, 3.05) is 31.1 Å². The molecule has 1 N–H and O–H groups in total. The predicted molar refractivity (Wildman–Crippen MR) is 85.5 cm³/mol. The molecule has 0 atom stereocenters. The van der Waals surface area contributed by atoms with Crippen molar-refractivity contribution in [1.82, 2.24) is 20.1 Å². The summed E-state index contributed by atoms with van der Waals surface area (Å²) in [5.41, 5.74) is 3.42. The van der Waals surface area contributed by atoms with Crippen molar-refractivity contribution in [3.05, 3.63) is 41.7 Å². The van der Waals surface area contributed by atoms with E-state index in [-0.39, 0.29) is 5.91 Å². The maximum absolute atomic E-state index is 12.3. The number of rotatable bonds is 2. The van der Waals surface area contributed by atoms with Gasteiger partial charge in [-0.05, 0) is 24.6 Å². The number of benzene rings is 1. The van der Waals surface area contributed by atoms with E-state index >= 15 is 0 Å². The van der Waals surface area contributed by atoms with Crippen LogP contribution in [0.15, 0.2) is 35.0 Å². The summed E-state index contributed by atoms with van der Waals surface area (Å²) >= 11 is 0. The fraction of sp³-hybridized carbons (Fsp3) is 0.312. The molecule has 0 aliphatic carbocycles. The summed E-state index contributed by atoms with van der Waals surface area (Å²) in [4.78, 5) is 20.8. The Bertz CT molecular complexity index is 831. The van der Waals surface area contributed by atoms with Gasteiger partial charge in [-0.25, -0.2) is 0 Å². The van der Waals surface area contributed by atoms with E-state index in [2.05, 4.69) is 20.1 Å². The van der Waals surface area contributed by atoms with Crippen molar-refractivity contribution in [2.45, 2.75) is 6.92 Å². The molecule has 4 rings (SSSR count). The van der Waals surface area contributed by atoms with Crippen LogP contribution in [0.3, 0.4) is 0 Å². The van der Waals surface area contributed by atoms with Gasteiger partial charge in [-0.15, -0.1) is 0 Å². The van der Waals surface area contributed by atoms with Crippen LogP contribution in [0, 0.1) is 6.92 Å². The fourth-order valence-corrected chi connectivity index (χ4v) is 2.81. The zero-order valence-corrected chi connectivity index (χ0v) is 12.8. The lowest BCUT2D eigenvalue weighted by Gasteiger charge is -2.33. The third-order valence-corrected chi connectivity index (χ3v) is 4.11. The number of nitrogens with one attached hydrogen (secondary N) is 1. The number of aromatic amines is 1. The lowest BCUT2D eigenvalue weighted by molar-refractivity contribution is 0.0745. The molecule has 2 aromatic heterocycles. The second-order valence-corrected chi connectivity index (χ2v) is 5.73. The summed E-state index contributed by atoms with van der Waals surface area (Å²) in [7, 11) is 0. The molecule has 0 bridgehead atoms. The van der Waals surface area contributed by atoms with Gasteiger partial charge in [0.1, 0.15) is 5.52 Å². The minimum Gasteiger partial charge on any atom is -0.423 e. The third kappa shape index (κ3) is 2.54. The lowest BCUT2D eigenvalue weighted by Crippen LogP contribution is -2.48. The van der Waals surface area contributed by atoms with Crippen LogP contribution in [0.25, 0.3) is 11.1 Å². The van der Waals surface area contributed by atoms with E-state index in [1.165, 1.54) is 0 Å². The second kappa shape index (κ2) is 5.42. The summed E-state index contributed by atoms with van der Waals surface area (Å²) in [5, 5.41) is 6.49. The first-order chi connectivity index (χ1) is 11.2. The van der Waals surface area contributed by atoms with Gasteiger partial charge in [0, 0.05) is 32.4 Å². The highest BCUT2D eigenvalue weighted by Gasteiger charge is 2.25. The molecule has 118 valence electrons. The van der Waals surface area contributed by atoms with Crippen molar-refractivity contribution in [3.8, 4) is 0 Å². The molecule has 1 aliphatic heterocycles. The van der Waals surface area contributed by atoms with Crippen LogP contribution in [0.1, 0.15) is 15.9 Å². The first-order valence-electron chi connectivity index (χ1n) is 7.61. The van der Waals surface area contributed by atoms with Crippen molar-refractivity contribution in [1.29, 1.82) is 0 Å². The minimum atomic E-state index is 0.00610. The standard InChI is InChI=1S/C16H17N5O2/c1-11-2-3-14-13(8-11)19-16(23-14)21-6-4-20(5-7-21)15(22)12-9-17-18-10-12/h2-3,8-10H,4-7H2,1H3,(H,17,18). The summed E-state index contributed by atoms with van der Waals surface area (Å²) in [6.45, 7) is 4.72. The number of amides is 1. The Kier molecular flexibility index (Phi) is 3.25. The smallest absolute Gasteiger partial charge is 0.298 e. The Labute approximate surface area is 132 Å². The molecule has 3 heterocycles. The number of aryl methyl sites for hydroxylation is 1. The number of anilines is 1. The number of hydrogen-bond donors (Lipinski definition) is 1. The number of fused-ring (bicyclic) bond motifs is 1. The number of nitrogens with zero attached hydrogens (tertiary/aromatic N) is 4. The van der Waals surface area contributed by atoms with E-state index in [1.54, 1.807) is 12.4 Å². The number of hydrogen-bond acceptors (Lipinski definition) is 5. The van der Waals surface area contributed by atoms with E-state index in [1.807, 2.05) is 30.0 Å². The molecule has 1 saturated heterocycles. The molecular formula is C16H17N5O2. The highest BCUT2D eigenvalue weighted by atomic mass is 16.4. The highest BCUT2D eigenvalue weighted by Crippen LogP contribution is 2.23. The van der Waals surface area contributed by atoms with Crippen LogP contribution in [0.4, 0.5) is 6.01 Å². The molecule has 7 heteroatoms. The molecule has 1 fully saturated rings. The normalized spacial score (nSPS) is 15.3. The molecule has 7 nitrogen and oxygen atoms in total. The number of carbonyl (C=O) groups excluding carboxylic acids is 1. The van der Waals surface area contributed by atoms with Crippen molar-refractivity contribution in [3.63, 3.8) is 0 Å². The Morgan fingerprint density at radius 1 is 1.26 bits per heavy atom. The number of aromatic nitrogens is 3. The van der Waals surface area contributed by atoms with Gasteiger partial charge >= 0.3 is 0 Å². The lowest BCUT2D eigenvalue weighted by atomic mass is 10.2. The molecule has 23 heavy (non-hydrogen) atoms. The van der Waals surface area contributed by atoms with Crippen LogP contribution in [-0.4, -0.2) is 52.2 Å². The van der Waals surface area contributed by atoms with Crippen LogP contribution in [-0.2, 0) is 0 Å². The zero-order chi connectivity index (χ0) is 15.8. The number of oxazole rings is 1. The molecule has 0 spiro atoms. The summed E-state index contributed by atoms with van der Waals surface area (Å²) < 4.78 is 5.83.